The molecule has 0 bridgehead atoms. The molecule has 0 spiro atoms. The quantitative estimate of drug-likeness (QED) is 0.911. The average molecular weight is 337 g/mol. The first-order chi connectivity index (χ1) is 8.24. The molecule has 0 saturated carbocycles. The molecule has 1 aromatic rings. The average Bonchev–Trinajstić information content (AvgIpc) is 2.68. The van der Waals surface area contributed by atoms with Crippen LogP contribution in [0.15, 0.2) is 4.60 Å². The second-order valence-electron chi connectivity index (χ2n) is 3.91. The van der Waals surface area contributed by atoms with Gasteiger partial charge in [-0.05, 0) is 22.5 Å². The fraction of sp³-hybridized carbons (Fsp3) is 0.800. The minimum atomic E-state index is 0.326. The molecule has 4 nitrogen and oxygen atoms in total. The van der Waals surface area contributed by atoms with Gasteiger partial charge in [-0.15, -0.1) is 5.10 Å². The molecule has 1 fully saturated rings. The zero-order valence-corrected chi connectivity index (χ0v) is 13.2. The van der Waals surface area contributed by atoms with E-state index < -0.39 is 0 Å². The van der Waals surface area contributed by atoms with Gasteiger partial charge in [0.1, 0.15) is 0 Å². The number of aryl methyl sites for hydroxylation is 1. The van der Waals surface area contributed by atoms with Crippen molar-refractivity contribution >= 4 is 39.5 Å². The summed E-state index contributed by atoms with van der Waals surface area (Å²) in [5, 5.41) is 12.3. The highest BCUT2D eigenvalue weighted by molar-refractivity contribution is 9.10. The summed E-state index contributed by atoms with van der Waals surface area (Å²) in [4.78, 5) is 0. The van der Waals surface area contributed by atoms with Crippen LogP contribution in [0.3, 0.4) is 0 Å². The van der Waals surface area contributed by atoms with Crippen molar-refractivity contribution in [1.82, 2.24) is 20.3 Å². The Kier molecular flexibility index (Phi) is 5.20. The number of halogens is 1. The molecular weight excluding hydrogens is 320 g/mol. The van der Waals surface area contributed by atoms with Crippen molar-refractivity contribution in [2.75, 3.05) is 23.8 Å². The number of rotatable bonds is 4. The minimum Gasteiger partial charge on any atom is -0.308 e. The Balaban J connectivity index is 2.21. The molecule has 1 saturated heterocycles. The first kappa shape index (κ1) is 13.7. The highest BCUT2D eigenvalue weighted by Gasteiger charge is 2.29. The number of aromatic nitrogens is 3. The van der Waals surface area contributed by atoms with Gasteiger partial charge in [0.2, 0.25) is 0 Å². The molecule has 0 aromatic carbocycles. The number of nitrogens with one attached hydrogen (secondary N) is 1. The van der Waals surface area contributed by atoms with Gasteiger partial charge >= 0.3 is 0 Å². The molecule has 2 atom stereocenters. The number of hydrogen-bond donors (Lipinski definition) is 1. The molecule has 1 aromatic heterocycles. The third-order valence-corrected chi connectivity index (χ3v) is 6.19. The van der Waals surface area contributed by atoms with Crippen LogP contribution in [0.1, 0.15) is 18.7 Å². The van der Waals surface area contributed by atoms with Crippen molar-refractivity contribution in [3.63, 3.8) is 0 Å². The van der Waals surface area contributed by atoms with E-state index >= 15 is 0 Å². The maximum atomic E-state index is 4.09. The standard InChI is InChI=1S/C10H17BrN4S2/c1-3-12-8(7-6-16-4-5-17-7)9-10(11)13-14-15(9)2/h7-8,12H,3-6H2,1-2H3. The molecule has 1 aliphatic heterocycles. The smallest absolute Gasteiger partial charge is 0.153 e. The topological polar surface area (TPSA) is 42.7 Å². The first-order valence-corrected chi connectivity index (χ1v) is 8.71. The van der Waals surface area contributed by atoms with Crippen molar-refractivity contribution < 1.29 is 0 Å². The highest BCUT2D eigenvalue weighted by atomic mass is 79.9. The molecule has 1 N–H and O–H groups in total. The van der Waals surface area contributed by atoms with Gasteiger partial charge in [0.05, 0.1) is 11.7 Å². The van der Waals surface area contributed by atoms with Crippen molar-refractivity contribution in [2.24, 2.45) is 7.05 Å². The highest BCUT2D eigenvalue weighted by Crippen LogP contribution is 2.35. The van der Waals surface area contributed by atoms with E-state index in [0.717, 1.165) is 16.8 Å². The fourth-order valence-electron chi connectivity index (χ4n) is 1.99. The molecule has 0 amide bonds. The van der Waals surface area contributed by atoms with E-state index in [1.807, 2.05) is 23.5 Å². The second-order valence-corrected chi connectivity index (χ2v) is 7.16. The molecule has 0 aliphatic carbocycles. The van der Waals surface area contributed by atoms with Crippen molar-refractivity contribution in [3.05, 3.63) is 10.3 Å². The Morgan fingerprint density at radius 2 is 2.41 bits per heavy atom. The van der Waals surface area contributed by atoms with Crippen LogP contribution in [-0.2, 0) is 7.05 Å². The van der Waals surface area contributed by atoms with E-state index in [2.05, 4.69) is 50.2 Å². The Morgan fingerprint density at radius 1 is 1.59 bits per heavy atom. The summed E-state index contributed by atoms with van der Waals surface area (Å²) in [7, 11) is 1.96. The molecule has 2 rings (SSSR count). The van der Waals surface area contributed by atoms with Gasteiger partial charge in [-0.3, -0.25) is 0 Å². The molecule has 7 heteroatoms. The van der Waals surface area contributed by atoms with Crippen molar-refractivity contribution in [2.45, 2.75) is 18.2 Å². The van der Waals surface area contributed by atoms with E-state index in [-0.39, 0.29) is 0 Å². The summed E-state index contributed by atoms with van der Waals surface area (Å²) >= 11 is 7.60. The van der Waals surface area contributed by atoms with Crippen LogP contribution in [0.5, 0.6) is 0 Å². The summed E-state index contributed by atoms with van der Waals surface area (Å²) in [6.07, 6.45) is 0. The van der Waals surface area contributed by atoms with E-state index in [9.17, 15) is 0 Å². The molecule has 2 heterocycles. The summed E-state index contributed by atoms with van der Waals surface area (Å²) in [6.45, 7) is 3.11. The van der Waals surface area contributed by atoms with Crippen molar-refractivity contribution in [1.29, 1.82) is 0 Å². The molecular formula is C10H17BrN4S2. The Labute approximate surface area is 119 Å². The lowest BCUT2D eigenvalue weighted by Gasteiger charge is -2.30. The predicted octanol–water partition coefficient (Wildman–Crippen LogP) is 2.08. The maximum Gasteiger partial charge on any atom is 0.153 e. The van der Waals surface area contributed by atoms with E-state index in [1.165, 1.54) is 17.3 Å². The molecule has 17 heavy (non-hydrogen) atoms. The Bertz CT molecular complexity index is 346. The van der Waals surface area contributed by atoms with Gasteiger partial charge in [-0.25, -0.2) is 4.68 Å². The van der Waals surface area contributed by atoms with Crippen LogP contribution < -0.4 is 5.32 Å². The predicted molar refractivity (Wildman–Crippen MR) is 78.7 cm³/mol. The SMILES string of the molecule is CCNC(c1c(Br)nnn1C)C1CSCCS1. The van der Waals surface area contributed by atoms with Gasteiger partial charge in [-0.2, -0.15) is 23.5 Å². The van der Waals surface area contributed by atoms with Crippen LogP contribution in [0, 0.1) is 0 Å². The van der Waals surface area contributed by atoms with Gasteiger partial charge in [0.15, 0.2) is 4.60 Å². The fourth-order valence-corrected chi connectivity index (χ4v) is 5.41. The number of thioether (sulfide) groups is 2. The summed E-state index contributed by atoms with van der Waals surface area (Å²) < 4.78 is 2.74. The zero-order chi connectivity index (χ0) is 12.3. The summed E-state index contributed by atoms with van der Waals surface area (Å²) in [5.41, 5.74) is 1.16. The lowest BCUT2D eigenvalue weighted by Crippen LogP contribution is -2.35. The zero-order valence-electron chi connectivity index (χ0n) is 10.0. The van der Waals surface area contributed by atoms with Crippen LogP contribution in [0.2, 0.25) is 0 Å². The Hall–Kier alpha value is 0.280. The van der Waals surface area contributed by atoms with Gasteiger partial charge < -0.3 is 5.32 Å². The minimum absolute atomic E-state index is 0.326. The largest absolute Gasteiger partial charge is 0.308 e. The molecule has 96 valence electrons. The number of hydrogen-bond acceptors (Lipinski definition) is 5. The second kappa shape index (κ2) is 6.45. The van der Waals surface area contributed by atoms with Crippen LogP contribution in [-0.4, -0.2) is 44.0 Å². The van der Waals surface area contributed by atoms with Gasteiger partial charge in [0, 0.05) is 29.6 Å². The van der Waals surface area contributed by atoms with Crippen LogP contribution in [0.25, 0.3) is 0 Å². The Morgan fingerprint density at radius 3 is 2.94 bits per heavy atom. The summed E-state index contributed by atoms with van der Waals surface area (Å²) in [5.74, 6) is 3.70. The number of nitrogens with zero attached hydrogens (tertiary/aromatic N) is 3. The lowest BCUT2D eigenvalue weighted by atomic mass is 10.1. The van der Waals surface area contributed by atoms with Gasteiger partial charge in [-0.1, -0.05) is 12.1 Å². The van der Waals surface area contributed by atoms with E-state index in [4.69, 9.17) is 0 Å². The molecule has 1 aliphatic rings. The first-order valence-electron chi connectivity index (χ1n) is 5.71. The van der Waals surface area contributed by atoms with Crippen LogP contribution in [0.4, 0.5) is 0 Å². The van der Waals surface area contributed by atoms with E-state index in [0.29, 0.717) is 11.3 Å². The lowest BCUT2D eigenvalue weighted by molar-refractivity contribution is 0.506. The third-order valence-electron chi connectivity index (χ3n) is 2.76. The van der Waals surface area contributed by atoms with Crippen LogP contribution >= 0.6 is 39.5 Å². The molecule has 2 unspecified atom stereocenters. The molecule has 0 radical (unpaired) electrons. The summed E-state index contributed by atoms with van der Waals surface area (Å²) in [6, 6.07) is 0.326. The monoisotopic (exact) mass is 336 g/mol. The van der Waals surface area contributed by atoms with Crippen molar-refractivity contribution in [3.8, 4) is 0 Å². The van der Waals surface area contributed by atoms with E-state index in [1.54, 1.807) is 0 Å². The third kappa shape index (κ3) is 3.19. The van der Waals surface area contributed by atoms with Gasteiger partial charge in [0.25, 0.3) is 0 Å². The maximum absolute atomic E-state index is 4.09. The normalized spacial score (nSPS) is 22.6.